The number of nitro groups is 1. The lowest BCUT2D eigenvalue weighted by Gasteiger charge is -2.22. The Morgan fingerprint density at radius 3 is 2.45 bits per heavy atom. The van der Waals surface area contributed by atoms with Crippen molar-refractivity contribution in [2.75, 3.05) is 4.90 Å². The smallest absolute Gasteiger partial charge is 0.301 e. The van der Waals surface area contributed by atoms with Gasteiger partial charge in [0.25, 0.3) is 11.5 Å². The normalized spacial score (nSPS) is 17.9. The first-order chi connectivity index (χ1) is 14.8. The average Bonchev–Trinajstić information content (AvgIpc) is 3.29. The summed E-state index contributed by atoms with van der Waals surface area (Å²) in [5.74, 6) is -1.74. The standard InChI is InChI=1S/C22H17N3O6/c1-12-6-8-14(9-7-12)20(26)18-19(15-4-3-5-16(11-15)25(29)30)24(22(28)21(18)27)17-10-13(2)31-23-17/h3-11,19,26H,1-2H3/t19-/m1/s1. The molecule has 1 fully saturated rings. The molecule has 156 valence electrons. The number of carbonyl (C=O) groups is 2. The maximum atomic E-state index is 13.0. The molecule has 31 heavy (non-hydrogen) atoms. The highest BCUT2D eigenvalue weighted by Gasteiger charge is 2.48. The zero-order valence-corrected chi connectivity index (χ0v) is 16.6. The molecular weight excluding hydrogens is 402 g/mol. The highest BCUT2D eigenvalue weighted by Crippen LogP contribution is 2.42. The summed E-state index contributed by atoms with van der Waals surface area (Å²) >= 11 is 0. The van der Waals surface area contributed by atoms with Crippen molar-refractivity contribution < 1.29 is 24.1 Å². The molecular formula is C22H17N3O6. The van der Waals surface area contributed by atoms with Crippen molar-refractivity contribution in [2.24, 2.45) is 0 Å². The van der Waals surface area contributed by atoms with Crippen molar-refractivity contribution in [3.8, 4) is 0 Å². The van der Waals surface area contributed by atoms with E-state index in [2.05, 4.69) is 5.16 Å². The van der Waals surface area contributed by atoms with Gasteiger partial charge in [-0.25, -0.2) is 0 Å². The van der Waals surface area contributed by atoms with Crippen molar-refractivity contribution in [3.63, 3.8) is 0 Å². The molecule has 1 aromatic heterocycles. The Morgan fingerprint density at radius 2 is 1.84 bits per heavy atom. The summed E-state index contributed by atoms with van der Waals surface area (Å²) < 4.78 is 5.06. The van der Waals surface area contributed by atoms with Crippen molar-refractivity contribution in [1.82, 2.24) is 5.16 Å². The monoisotopic (exact) mass is 419 g/mol. The highest BCUT2D eigenvalue weighted by molar-refractivity contribution is 6.51. The van der Waals surface area contributed by atoms with Crippen LogP contribution < -0.4 is 4.90 Å². The van der Waals surface area contributed by atoms with Gasteiger partial charge in [0, 0.05) is 23.8 Å². The van der Waals surface area contributed by atoms with E-state index in [1.54, 1.807) is 37.3 Å². The highest BCUT2D eigenvalue weighted by atomic mass is 16.6. The molecule has 1 aliphatic heterocycles. The number of aromatic nitrogens is 1. The van der Waals surface area contributed by atoms with E-state index in [9.17, 15) is 24.8 Å². The molecule has 9 nitrogen and oxygen atoms in total. The number of anilines is 1. The largest absolute Gasteiger partial charge is 0.507 e. The second-order valence-electron chi connectivity index (χ2n) is 7.18. The van der Waals surface area contributed by atoms with Gasteiger partial charge < -0.3 is 9.63 Å². The van der Waals surface area contributed by atoms with E-state index in [-0.39, 0.29) is 28.4 Å². The number of amides is 1. The molecule has 4 rings (SSSR count). The van der Waals surface area contributed by atoms with Crippen molar-refractivity contribution >= 4 is 29.0 Å². The van der Waals surface area contributed by atoms with Gasteiger partial charge in [0.1, 0.15) is 11.5 Å². The summed E-state index contributed by atoms with van der Waals surface area (Å²) in [5, 5.41) is 26.1. The van der Waals surface area contributed by atoms with E-state index in [0.29, 0.717) is 11.3 Å². The molecule has 1 atom stereocenters. The van der Waals surface area contributed by atoms with E-state index in [0.717, 1.165) is 10.5 Å². The number of nitro benzene ring substituents is 1. The van der Waals surface area contributed by atoms with E-state index in [1.165, 1.54) is 24.3 Å². The molecule has 1 saturated heterocycles. The van der Waals surface area contributed by atoms with Gasteiger partial charge in [-0.3, -0.25) is 24.6 Å². The van der Waals surface area contributed by atoms with Gasteiger partial charge in [-0.05, 0) is 19.4 Å². The Balaban J connectivity index is 1.96. The Bertz CT molecular complexity index is 1240. The number of ketones is 1. The fourth-order valence-corrected chi connectivity index (χ4v) is 3.53. The lowest BCUT2D eigenvalue weighted by Crippen LogP contribution is -2.29. The zero-order valence-electron chi connectivity index (χ0n) is 16.6. The fraction of sp³-hybridized carbons (Fsp3) is 0.136. The number of carbonyl (C=O) groups excluding carboxylic acids is 2. The number of hydrogen-bond donors (Lipinski definition) is 1. The first-order valence-electron chi connectivity index (χ1n) is 9.33. The molecule has 0 bridgehead atoms. The number of rotatable bonds is 4. The van der Waals surface area contributed by atoms with Crippen LogP contribution in [0.4, 0.5) is 11.5 Å². The van der Waals surface area contributed by atoms with E-state index in [4.69, 9.17) is 4.52 Å². The van der Waals surface area contributed by atoms with Crippen LogP contribution in [0.25, 0.3) is 5.76 Å². The molecule has 1 aliphatic rings. The minimum atomic E-state index is -1.12. The minimum absolute atomic E-state index is 0.0686. The Morgan fingerprint density at radius 1 is 1.13 bits per heavy atom. The number of nitrogens with zero attached hydrogens (tertiary/aromatic N) is 3. The first-order valence-corrected chi connectivity index (χ1v) is 9.33. The molecule has 2 heterocycles. The van der Waals surface area contributed by atoms with Gasteiger partial charge in [0.15, 0.2) is 5.82 Å². The molecule has 1 amide bonds. The minimum Gasteiger partial charge on any atom is -0.507 e. The van der Waals surface area contributed by atoms with Crippen LogP contribution in [-0.4, -0.2) is 26.9 Å². The summed E-state index contributed by atoms with van der Waals surface area (Å²) in [4.78, 5) is 37.7. The lowest BCUT2D eigenvalue weighted by atomic mass is 9.94. The predicted octanol–water partition coefficient (Wildman–Crippen LogP) is 3.83. The topological polar surface area (TPSA) is 127 Å². The van der Waals surface area contributed by atoms with Gasteiger partial charge in [-0.2, -0.15) is 0 Å². The molecule has 2 aromatic carbocycles. The lowest BCUT2D eigenvalue weighted by molar-refractivity contribution is -0.384. The number of hydrogen-bond acceptors (Lipinski definition) is 7. The van der Waals surface area contributed by atoms with Crippen LogP contribution in [-0.2, 0) is 9.59 Å². The number of Topliss-reactive ketones (excluding diaryl/α,β-unsaturated/α-hetero) is 1. The Labute approximate surface area is 176 Å². The van der Waals surface area contributed by atoms with Gasteiger partial charge in [0.2, 0.25) is 0 Å². The average molecular weight is 419 g/mol. The zero-order chi connectivity index (χ0) is 22.3. The quantitative estimate of drug-likeness (QED) is 0.224. The van der Waals surface area contributed by atoms with E-state index in [1.807, 2.05) is 6.92 Å². The summed E-state index contributed by atoms with van der Waals surface area (Å²) in [6, 6.07) is 12.7. The van der Waals surface area contributed by atoms with Crippen LogP contribution in [0.15, 0.2) is 64.7 Å². The Kier molecular flexibility index (Phi) is 4.86. The number of aryl methyl sites for hydroxylation is 2. The third-order valence-electron chi connectivity index (χ3n) is 5.03. The van der Waals surface area contributed by atoms with Crippen molar-refractivity contribution in [2.45, 2.75) is 19.9 Å². The summed E-state index contributed by atoms with van der Waals surface area (Å²) in [7, 11) is 0. The molecule has 1 N–H and O–H groups in total. The third kappa shape index (κ3) is 3.46. The number of benzene rings is 2. The number of aliphatic hydroxyl groups is 1. The number of aliphatic hydroxyl groups excluding tert-OH is 1. The second-order valence-corrected chi connectivity index (χ2v) is 7.18. The Hall–Kier alpha value is -4.27. The summed E-state index contributed by atoms with van der Waals surface area (Å²) in [5.41, 5.74) is 1.17. The van der Waals surface area contributed by atoms with E-state index >= 15 is 0 Å². The molecule has 0 aliphatic carbocycles. The third-order valence-corrected chi connectivity index (χ3v) is 5.03. The van der Waals surface area contributed by atoms with Crippen molar-refractivity contribution in [1.29, 1.82) is 0 Å². The van der Waals surface area contributed by atoms with E-state index < -0.39 is 22.7 Å². The molecule has 9 heteroatoms. The maximum Gasteiger partial charge on any atom is 0.301 e. The fourth-order valence-electron chi connectivity index (χ4n) is 3.53. The van der Waals surface area contributed by atoms with Crippen LogP contribution in [0.5, 0.6) is 0 Å². The summed E-state index contributed by atoms with van der Waals surface area (Å²) in [6.45, 7) is 3.50. The van der Waals surface area contributed by atoms with Crippen LogP contribution in [0.2, 0.25) is 0 Å². The molecule has 0 saturated carbocycles. The number of non-ortho nitro benzene ring substituents is 1. The predicted molar refractivity (Wildman–Crippen MR) is 110 cm³/mol. The second kappa shape index (κ2) is 7.52. The van der Waals surface area contributed by atoms with Gasteiger partial charge in [-0.15, -0.1) is 0 Å². The van der Waals surface area contributed by atoms with Gasteiger partial charge in [-0.1, -0.05) is 47.1 Å². The summed E-state index contributed by atoms with van der Waals surface area (Å²) in [6.07, 6.45) is 0. The molecule has 0 unspecified atom stereocenters. The van der Waals surface area contributed by atoms with Crippen LogP contribution in [0.1, 0.15) is 28.5 Å². The molecule has 0 radical (unpaired) electrons. The molecule has 3 aromatic rings. The van der Waals surface area contributed by atoms with Crippen LogP contribution in [0.3, 0.4) is 0 Å². The molecule has 0 spiro atoms. The van der Waals surface area contributed by atoms with Crippen LogP contribution in [0, 0.1) is 24.0 Å². The first kappa shape index (κ1) is 20.0. The van der Waals surface area contributed by atoms with Gasteiger partial charge in [0.05, 0.1) is 16.5 Å². The van der Waals surface area contributed by atoms with Crippen LogP contribution >= 0.6 is 0 Å². The van der Waals surface area contributed by atoms with Crippen molar-refractivity contribution in [3.05, 3.63) is 92.7 Å². The van der Waals surface area contributed by atoms with Gasteiger partial charge >= 0.3 is 5.91 Å². The maximum absolute atomic E-state index is 13.0. The SMILES string of the molecule is Cc1ccc(C(O)=C2C(=O)C(=O)N(c3cc(C)on3)[C@@H]2c2cccc([N+](=O)[O-])c2)cc1.